The summed E-state index contributed by atoms with van der Waals surface area (Å²) in [5.74, 6) is 1.15. The van der Waals surface area contributed by atoms with Crippen LogP contribution in [0, 0.1) is 11.8 Å². The molecular formula is C14H24O. The number of aliphatic hydroxyl groups is 1. The Morgan fingerprint density at radius 1 is 0.867 bits per heavy atom. The second kappa shape index (κ2) is 5.69. The lowest BCUT2D eigenvalue weighted by Crippen LogP contribution is -2.29. The zero-order chi connectivity index (χ0) is 10.5. The molecule has 0 amide bonds. The molecule has 2 atom stereocenters. The smallest absolute Gasteiger partial charge is 0.0599 e. The van der Waals surface area contributed by atoms with Crippen LogP contribution >= 0.6 is 0 Å². The van der Waals surface area contributed by atoms with Crippen molar-refractivity contribution in [2.24, 2.45) is 11.8 Å². The van der Waals surface area contributed by atoms with E-state index >= 15 is 0 Å². The van der Waals surface area contributed by atoms with Crippen molar-refractivity contribution in [2.45, 2.75) is 63.9 Å². The second-order valence-corrected chi connectivity index (χ2v) is 5.29. The molecular weight excluding hydrogens is 184 g/mol. The fourth-order valence-corrected chi connectivity index (χ4v) is 3.16. The summed E-state index contributed by atoms with van der Waals surface area (Å²) in [5.41, 5.74) is 0. The summed E-state index contributed by atoms with van der Waals surface area (Å²) in [6.07, 6.45) is 16.0. The maximum atomic E-state index is 10.4. The molecule has 1 fully saturated rings. The molecule has 0 aliphatic heterocycles. The molecule has 1 heteroatoms. The fourth-order valence-electron chi connectivity index (χ4n) is 3.16. The van der Waals surface area contributed by atoms with Crippen LogP contribution in [-0.4, -0.2) is 11.2 Å². The van der Waals surface area contributed by atoms with Gasteiger partial charge in [0.05, 0.1) is 6.10 Å². The van der Waals surface area contributed by atoms with Gasteiger partial charge in [-0.15, -0.1) is 0 Å². The number of hydrogen-bond acceptors (Lipinski definition) is 1. The van der Waals surface area contributed by atoms with Gasteiger partial charge < -0.3 is 5.11 Å². The fraction of sp³-hybridized carbons (Fsp3) is 0.857. The van der Waals surface area contributed by atoms with Gasteiger partial charge in [-0.3, -0.25) is 0 Å². The molecule has 0 radical (unpaired) electrons. The van der Waals surface area contributed by atoms with Crippen LogP contribution in [0.2, 0.25) is 0 Å². The number of allylic oxidation sites excluding steroid dienone is 2. The summed E-state index contributed by atoms with van der Waals surface area (Å²) >= 11 is 0. The molecule has 0 aromatic rings. The highest BCUT2D eigenvalue weighted by Crippen LogP contribution is 2.33. The van der Waals surface area contributed by atoms with E-state index in [-0.39, 0.29) is 6.10 Å². The summed E-state index contributed by atoms with van der Waals surface area (Å²) in [4.78, 5) is 0. The zero-order valence-electron chi connectivity index (χ0n) is 9.70. The predicted octanol–water partition coefficient (Wildman–Crippen LogP) is 3.67. The van der Waals surface area contributed by atoms with E-state index in [1.54, 1.807) is 0 Å². The van der Waals surface area contributed by atoms with Crippen molar-refractivity contribution in [1.29, 1.82) is 0 Å². The minimum Gasteiger partial charge on any atom is -0.393 e. The molecule has 2 rings (SSSR count). The Kier molecular flexibility index (Phi) is 4.25. The zero-order valence-corrected chi connectivity index (χ0v) is 9.70. The van der Waals surface area contributed by atoms with Crippen LogP contribution in [0.1, 0.15) is 57.8 Å². The van der Waals surface area contributed by atoms with Gasteiger partial charge in [0.25, 0.3) is 0 Å². The molecule has 1 N–H and O–H groups in total. The molecule has 0 aromatic heterocycles. The first-order valence-electron chi connectivity index (χ1n) is 6.71. The third kappa shape index (κ3) is 3.07. The van der Waals surface area contributed by atoms with Crippen LogP contribution < -0.4 is 0 Å². The van der Waals surface area contributed by atoms with Gasteiger partial charge in [-0.1, -0.05) is 37.8 Å². The molecule has 2 aliphatic rings. The van der Waals surface area contributed by atoms with E-state index in [2.05, 4.69) is 12.2 Å². The number of hydrogen-bond donors (Lipinski definition) is 1. The molecule has 0 saturated heterocycles. The Morgan fingerprint density at radius 3 is 2.20 bits per heavy atom. The topological polar surface area (TPSA) is 20.2 Å². The van der Waals surface area contributed by atoms with E-state index in [1.807, 2.05) is 0 Å². The third-order valence-corrected chi connectivity index (χ3v) is 4.18. The monoisotopic (exact) mass is 208 g/mol. The van der Waals surface area contributed by atoms with Crippen LogP contribution in [0.3, 0.4) is 0 Å². The summed E-state index contributed by atoms with van der Waals surface area (Å²) in [6.45, 7) is 0. The van der Waals surface area contributed by atoms with E-state index in [9.17, 15) is 5.11 Å². The number of rotatable bonds is 2. The van der Waals surface area contributed by atoms with Crippen molar-refractivity contribution < 1.29 is 5.11 Å². The molecule has 0 bridgehead atoms. The molecule has 0 aromatic carbocycles. The Labute approximate surface area is 93.6 Å². The van der Waals surface area contributed by atoms with Crippen LogP contribution in [0.4, 0.5) is 0 Å². The maximum Gasteiger partial charge on any atom is 0.0599 e. The van der Waals surface area contributed by atoms with Crippen LogP contribution in [0.15, 0.2) is 12.2 Å². The average Bonchev–Trinajstić information content (AvgIpc) is 2.58. The van der Waals surface area contributed by atoms with Gasteiger partial charge in [0, 0.05) is 0 Å². The summed E-state index contributed by atoms with van der Waals surface area (Å²) < 4.78 is 0. The lowest BCUT2D eigenvalue weighted by Gasteiger charge is -2.30. The molecule has 0 heterocycles. The predicted molar refractivity (Wildman–Crippen MR) is 63.7 cm³/mol. The Bertz CT molecular complexity index is 201. The van der Waals surface area contributed by atoms with Crippen molar-refractivity contribution in [1.82, 2.24) is 0 Å². The first-order chi connectivity index (χ1) is 7.38. The van der Waals surface area contributed by atoms with Crippen molar-refractivity contribution in [3.8, 4) is 0 Å². The average molecular weight is 208 g/mol. The van der Waals surface area contributed by atoms with Gasteiger partial charge in [0.1, 0.15) is 0 Å². The molecule has 1 saturated carbocycles. The summed E-state index contributed by atoms with van der Waals surface area (Å²) in [7, 11) is 0. The van der Waals surface area contributed by atoms with Crippen molar-refractivity contribution >= 4 is 0 Å². The van der Waals surface area contributed by atoms with E-state index < -0.39 is 0 Å². The van der Waals surface area contributed by atoms with Gasteiger partial charge in [-0.25, -0.2) is 0 Å². The van der Waals surface area contributed by atoms with E-state index in [0.29, 0.717) is 11.8 Å². The molecule has 2 unspecified atom stereocenters. The van der Waals surface area contributed by atoms with Gasteiger partial charge in [0.15, 0.2) is 0 Å². The second-order valence-electron chi connectivity index (χ2n) is 5.29. The standard InChI is InChI=1S/C14H24O/c15-14(13-10-6-3-7-11-13)12-8-4-1-2-5-9-12/h3,6,12-15H,1-2,4-5,7-11H2. The highest BCUT2D eigenvalue weighted by Gasteiger charge is 2.27. The van der Waals surface area contributed by atoms with E-state index in [0.717, 1.165) is 6.42 Å². The van der Waals surface area contributed by atoms with Gasteiger partial charge in [-0.2, -0.15) is 0 Å². The van der Waals surface area contributed by atoms with Gasteiger partial charge in [-0.05, 0) is 43.9 Å². The lowest BCUT2D eigenvalue weighted by atomic mass is 9.80. The first-order valence-corrected chi connectivity index (χ1v) is 6.71. The van der Waals surface area contributed by atoms with E-state index in [1.165, 1.54) is 51.4 Å². The quantitative estimate of drug-likeness (QED) is 0.542. The molecule has 2 aliphatic carbocycles. The maximum absolute atomic E-state index is 10.4. The van der Waals surface area contributed by atoms with Crippen molar-refractivity contribution in [3.63, 3.8) is 0 Å². The minimum absolute atomic E-state index is 0.0203. The largest absolute Gasteiger partial charge is 0.393 e. The summed E-state index contributed by atoms with van der Waals surface area (Å²) in [6, 6.07) is 0. The van der Waals surface area contributed by atoms with Crippen LogP contribution in [0.5, 0.6) is 0 Å². The highest BCUT2D eigenvalue weighted by molar-refractivity contribution is 4.93. The summed E-state index contributed by atoms with van der Waals surface area (Å²) in [5, 5.41) is 10.4. The first kappa shape index (κ1) is 11.2. The SMILES string of the molecule is OC(C1CC=CCC1)C1CCCCCC1. The Balaban J connectivity index is 1.87. The molecule has 86 valence electrons. The van der Waals surface area contributed by atoms with Crippen molar-refractivity contribution in [3.05, 3.63) is 12.2 Å². The van der Waals surface area contributed by atoms with Gasteiger partial charge >= 0.3 is 0 Å². The van der Waals surface area contributed by atoms with Crippen LogP contribution in [0.25, 0.3) is 0 Å². The third-order valence-electron chi connectivity index (χ3n) is 4.18. The molecule has 15 heavy (non-hydrogen) atoms. The van der Waals surface area contributed by atoms with Gasteiger partial charge in [0.2, 0.25) is 0 Å². The molecule has 0 spiro atoms. The van der Waals surface area contributed by atoms with Crippen LogP contribution in [-0.2, 0) is 0 Å². The Morgan fingerprint density at radius 2 is 1.60 bits per heavy atom. The van der Waals surface area contributed by atoms with Crippen molar-refractivity contribution in [2.75, 3.05) is 0 Å². The minimum atomic E-state index is -0.0203. The normalized spacial score (nSPS) is 31.1. The Hall–Kier alpha value is -0.300. The van der Waals surface area contributed by atoms with E-state index in [4.69, 9.17) is 0 Å². The lowest BCUT2D eigenvalue weighted by molar-refractivity contribution is 0.0392. The highest BCUT2D eigenvalue weighted by atomic mass is 16.3. The molecule has 1 nitrogen and oxygen atoms in total. The number of aliphatic hydroxyl groups excluding tert-OH is 1.